The molecule has 18 heavy (non-hydrogen) atoms. The zero-order chi connectivity index (χ0) is 12.5. The third kappa shape index (κ3) is 1.79. The average molecular weight is 240 g/mol. The van der Waals surface area contributed by atoms with E-state index < -0.39 is 0 Å². The number of aromatic nitrogens is 4. The van der Waals surface area contributed by atoms with Crippen molar-refractivity contribution >= 4 is 11.2 Å². The largest absolute Gasteiger partial charge is 0.711 e. The van der Waals surface area contributed by atoms with Crippen molar-refractivity contribution in [3.63, 3.8) is 0 Å². The maximum absolute atomic E-state index is 11.5. The van der Waals surface area contributed by atoms with Gasteiger partial charge in [-0.1, -0.05) is 30.3 Å². The van der Waals surface area contributed by atoms with Crippen LogP contribution < -0.4 is 4.73 Å². The lowest BCUT2D eigenvalue weighted by atomic mass is 10.2. The second kappa shape index (κ2) is 4.10. The molecule has 0 aliphatic heterocycles. The van der Waals surface area contributed by atoms with E-state index in [1.807, 2.05) is 34.9 Å². The van der Waals surface area contributed by atoms with E-state index in [4.69, 9.17) is 0 Å². The number of aryl methyl sites for hydroxylation is 1. The topological polar surface area (TPSA) is 57.7 Å². The van der Waals surface area contributed by atoms with Gasteiger partial charge in [0.1, 0.15) is 12.5 Å². The highest BCUT2D eigenvalue weighted by Crippen LogP contribution is 2.11. The summed E-state index contributed by atoms with van der Waals surface area (Å²) in [5.74, 6) is 0.410. The summed E-state index contributed by atoms with van der Waals surface area (Å²) in [6.45, 7) is 2.35. The van der Waals surface area contributed by atoms with Gasteiger partial charge in [0.25, 0.3) is 5.65 Å². The van der Waals surface area contributed by atoms with Crippen LogP contribution in [0.25, 0.3) is 11.2 Å². The van der Waals surface area contributed by atoms with E-state index in [0.29, 0.717) is 18.0 Å². The van der Waals surface area contributed by atoms with Gasteiger partial charge in [-0.3, -0.25) is 0 Å². The van der Waals surface area contributed by atoms with Crippen molar-refractivity contribution in [2.75, 3.05) is 0 Å². The lowest BCUT2D eigenvalue weighted by Gasteiger charge is -2.05. The summed E-state index contributed by atoms with van der Waals surface area (Å²) < 4.78 is 2.69. The molecule has 0 aliphatic carbocycles. The molecule has 0 fully saturated rings. The maximum Gasteiger partial charge on any atom is 0.301 e. The molecule has 0 bridgehead atoms. The molecule has 0 saturated heterocycles. The smallest absolute Gasteiger partial charge is 0.301 e. The summed E-state index contributed by atoms with van der Waals surface area (Å²) in [5.41, 5.74) is 2.52. The Morgan fingerprint density at radius 1 is 1.28 bits per heavy atom. The van der Waals surface area contributed by atoms with Crippen LogP contribution in [0, 0.1) is 12.1 Å². The fourth-order valence-electron chi connectivity index (χ4n) is 1.91. The van der Waals surface area contributed by atoms with Crippen LogP contribution >= 0.6 is 0 Å². The zero-order valence-corrected chi connectivity index (χ0v) is 9.95. The van der Waals surface area contributed by atoms with Gasteiger partial charge >= 0.3 is 5.82 Å². The van der Waals surface area contributed by atoms with Crippen molar-refractivity contribution in [1.82, 2.24) is 14.5 Å². The fourth-order valence-corrected chi connectivity index (χ4v) is 1.91. The normalized spacial score (nSPS) is 10.9. The number of benzene rings is 1. The van der Waals surface area contributed by atoms with Crippen molar-refractivity contribution in [1.29, 1.82) is 0 Å². The lowest BCUT2D eigenvalue weighted by Crippen LogP contribution is -2.30. The first-order chi connectivity index (χ1) is 8.74. The van der Waals surface area contributed by atoms with E-state index in [1.165, 1.54) is 6.20 Å². The highest BCUT2D eigenvalue weighted by Gasteiger charge is 2.12. The Morgan fingerprint density at radius 3 is 2.83 bits per heavy atom. The Hall–Kier alpha value is -2.43. The summed E-state index contributed by atoms with van der Waals surface area (Å²) >= 11 is 0. The van der Waals surface area contributed by atoms with Crippen LogP contribution in [0.2, 0.25) is 0 Å². The summed E-state index contributed by atoms with van der Waals surface area (Å²) in [4.78, 5) is 8.37. The van der Waals surface area contributed by atoms with Crippen LogP contribution in [0.3, 0.4) is 0 Å². The second-order valence-corrected chi connectivity index (χ2v) is 4.18. The Morgan fingerprint density at radius 2 is 2.06 bits per heavy atom. The first-order valence-corrected chi connectivity index (χ1v) is 5.69. The van der Waals surface area contributed by atoms with E-state index in [0.717, 1.165) is 15.8 Å². The minimum atomic E-state index is 0.410. The molecule has 2 aromatic heterocycles. The monoisotopic (exact) mass is 240 g/mol. The second-order valence-electron chi connectivity index (χ2n) is 4.18. The summed E-state index contributed by atoms with van der Waals surface area (Å²) in [6, 6.07) is 10.0. The van der Waals surface area contributed by atoms with Crippen LogP contribution in [-0.2, 0) is 6.54 Å². The van der Waals surface area contributed by atoms with Crippen LogP contribution in [0.1, 0.15) is 11.4 Å². The SMILES string of the molecule is Cc1nc2ncn(Cc3ccccc3)c2c[n+]1[O-]. The van der Waals surface area contributed by atoms with Gasteiger partial charge in [0, 0.05) is 13.5 Å². The van der Waals surface area contributed by atoms with E-state index in [-0.39, 0.29) is 0 Å². The molecule has 0 aliphatic rings. The molecule has 2 heterocycles. The first kappa shape index (κ1) is 10.7. The molecule has 0 atom stereocenters. The molecular weight excluding hydrogens is 228 g/mol. The molecular formula is C13H12N4O. The molecule has 3 aromatic rings. The number of fused-ring (bicyclic) bond motifs is 1. The molecule has 5 nitrogen and oxygen atoms in total. The standard InChI is InChI=1S/C13H12N4O/c1-10-15-13-12(8-17(10)18)16(9-14-13)7-11-5-3-2-4-6-11/h2-6,8-9H,7H2,1H3. The van der Waals surface area contributed by atoms with Gasteiger partial charge in [-0.15, -0.1) is 0 Å². The number of hydrogen-bond donors (Lipinski definition) is 0. The summed E-state index contributed by atoms with van der Waals surface area (Å²) in [6.07, 6.45) is 3.23. The molecule has 0 amide bonds. The van der Waals surface area contributed by atoms with Crippen molar-refractivity contribution < 1.29 is 4.73 Å². The Balaban J connectivity index is 2.05. The maximum atomic E-state index is 11.5. The fraction of sp³-hybridized carbons (Fsp3) is 0.154. The Labute approximate surface area is 104 Å². The lowest BCUT2D eigenvalue weighted by molar-refractivity contribution is -0.614. The van der Waals surface area contributed by atoms with E-state index >= 15 is 0 Å². The number of hydrogen-bond acceptors (Lipinski definition) is 3. The van der Waals surface area contributed by atoms with Crippen LogP contribution in [0.4, 0.5) is 0 Å². The third-order valence-corrected chi connectivity index (χ3v) is 2.88. The van der Waals surface area contributed by atoms with Gasteiger partial charge in [-0.25, -0.2) is 4.73 Å². The van der Waals surface area contributed by atoms with E-state index in [9.17, 15) is 5.21 Å². The van der Waals surface area contributed by atoms with Crippen molar-refractivity contribution in [3.05, 3.63) is 59.5 Å². The zero-order valence-electron chi connectivity index (χ0n) is 9.95. The highest BCUT2D eigenvalue weighted by molar-refractivity contribution is 5.68. The van der Waals surface area contributed by atoms with E-state index in [2.05, 4.69) is 9.97 Å². The Kier molecular flexibility index (Phi) is 2.44. The molecule has 1 aromatic carbocycles. The van der Waals surface area contributed by atoms with Gasteiger partial charge in [-0.05, 0) is 10.5 Å². The predicted molar refractivity (Wildman–Crippen MR) is 66.8 cm³/mol. The van der Waals surface area contributed by atoms with Crippen molar-refractivity contribution in [2.45, 2.75) is 13.5 Å². The van der Waals surface area contributed by atoms with Gasteiger partial charge < -0.3 is 9.77 Å². The van der Waals surface area contributed by atoms with Gasteiger partial charge in [0.2, 0.25) is 0 Å². The van der Waals surface area contributed by atoms with Crippen molar-refractivity contribution in [2.24, 2.45) is 0 Å². The van der Waals surface area contributed by atoms with Crippen LogP contribution in [0.15, 0.2) is 42.9 Å². The average Bonchev–Trinajstić information content (AvgIpc) is 2.74. The minimum absolute atomic E-state index is 0.410. The van der Waals surface area contributed by atoms with Crippen LogP contribution in [-0.4, -0.2) is 14.5 Å². The quantitative estimate of drug-likeness (QED) is 0.503. The molecule has 0 saturated carbocycles. The minimum Gasteiger partial charge on any atom is -0.711 e. The molecule has 0 unspecified atom stereocenters. The molecule has 90 valence electrons. The third-order valence-electron chi connectivity index (χ3n) is 2.88. The molecule has 0 spiro atoms. The van der Waals surface area contributed by atoms with Gasteiger partial charge in [-0.2, -0.15) is 4.98 Å². The molecule has 0 radical (unpaired) electrons. The van der Waals surface area contributed by atoms with Gasteiger partial charge in [0.15, 0.2) is 5.52 Å². The first-order valence-electron chi connectivity index (χ1n) is 5.69. The highest BCUT2D eigenvalue weighted by atomic mass is 16.5. The summed E-state index contributed by atoms with van der Waals surface area (Å²) in [5, 5.41) is 11.5. The van der Waals surface area contributed by atoms with Gasteiger partial charge in [0.05, 0.1) is 0 Å². The molecule has 5 heteroatoms. The number of nitrogens with zero attached hydrogens (tertiary/aromatic N) is 4. The molecule has 0 N–H and O–H groups in total. The Bertz CT molecular complexity index is 691. The molecule has 3 rings (SSSR count). The van der Waals surface area contributed by atoms with Crippen LogP contribution in [0.5, 0.6) is 0 Å². The summed E-state index contributed by atoms with van der Waals surface area (Å²) in [7, 11) is 0. The number of imidazole rings is 1. The van der Waals surface area contributed by atoms with Crippen molar-refractivity contribution in [3.8, 4) is 0 Å². The van der Waals surface area contributed by atoms with E-state index in [1.54, 1.807) is 13.3 Å². The predicted octanol–water partition coefficient (Wildman–Crippen LogP) is 1.42. The number of rotatable bonds is 2.